The topological polar surface area (TPSA) is 52.6 Å². The quantitative estimate of drug-likeness (QED) is 0.320. The molecule has 4 nitrogen and oxygen atoms in total. The van der Waals surface area contributed by atoms with Crippen LogP contribution in [0, 0.1) is 12.8 Å². The summed E-state index contributed by atoms with van der Waals surface area (Å²) >= 11 is 1.66. The zero-order chi connectivity index (χ0) is 25.2. The molecule has 0 heterocycles. The number of nitrogens with one attached hydrogen (secondary N) is 1. The van der Waals surface area contributed by atoms with E-state index in [0.717, 1.165) is 41.5 Å². The summed E-state index contributed by atoms with van der Waals surface area (Å²) in [6.07, 6.45) is 10.8. The number of thioether (sulfide) groups is 1. The van der Waals surface area contributed by atoms with Gasteiger partial charge in [0.1, 0.15) is 6.04 Å². The van der Waals surface area contributed by atoms with Crippen molar-refractivity contribution in [1.82, 2.24) is 10.2 Å². The van der Waals surface area contributed by atoms with E-state index in [1.54, 1.807) is 11.8 Å². The van der Waals surface area contributed by atoms with E-state index in [9.17, 15) is 9.90 Å². The van der Waals surface area contributed by atoms with Crippen LogP contribution in [0.15, 0.2) is 49.0 Å². The lowest BCUT2D eigenvalue weighted by molar-refractivity contribution is -0.139. The first kappa shape index (κ1) is 27.3. The van der Waals surface area contributed by atoms with Gasteiger partial charge in [-0.3, -0.25) is 0 Å². The second kappa shape index (κ2) is 13.7. The summed E-state index contributed by atoms with van der Waals surface area (Å²) in [5.74, 6) is 0.834. The Morgan fingerprint density at radius 2 is 1.91 bits per heavy atom. The van der Waals surface area contributed by atoms with E-state index < -0.39 is 12.0 Å². The molecule has 0 amide bonds. The molecule has 2 N–H and O–H groups in total. The number of hydrogen-bond donors (Lipinski definition) is 2. The Kier molecular flexibility index (Phi) is 10.7. The van der Waals surface area contributed by atoms with E-state index in [4.69, 9.17) is 0 Å². The van der Waals surface area contributed by atoms with Crippen LogP contribution in [0.2, 0.25) is 0 Å². The number of nitrogens with zero attached hydrogens (tertiary/aromatic N) is 1. The smallest absolute Gasteiger partial charge is 0.326 e. The second-order valence-corrected chi connectivity index (χ2v) is 11.0. The number of carboxylic acids is 1. The van der Waals surface area contributed by atoms with Gasteiger partial charge in [-0.05, 0) is 79.6 Å². The van der Waals surface area contributed by atoms with Gasteiger partial charge in [-0.25, -0.2) is 4.79 Å². The Hall–Kier alpha value is -2.24. The number of carbonyl (C=O) groups is 1. The van der Waals surface area contributed by atoms with E-state index in [0.29, 0.717) is 12.1 Å². The zero-order valence-corrected chi connectivity index (χ0v) is 22.5. The van der Waals surface area contributed by atoms with E-state index in [1.165, 1.54) is 49.7 Å². The average Bonchev–Trinajstić information content (AvgIpc) is 2.86. The summed E-state index contributed by atoms with van der Waals surface area (Å²) in [6, 6.07) is 14.3. The molecule has 3 rings (SSSR count). The molecule has 5 heteroatoms. The van der Waals surface area contributed by atoms with E-state index >= 15 is 0 Å². The highest BCUT2D eigenvalue weighted by atomic mass is 32.2. The maximum absolute atomic E-state index is 11.8. The predicted molar refractivity (Wildman–Crippen MR) is 151 cm³/mol. The maximum Gasteiger partial charge on any atom is 0.326 e. The van der Waals surface area contributed by atoms with Gasteiger partial charge in [0.25, 0.3) is 0 Å². The minimum Gasteiger partial charge on any atom is -0.480 e. The summed E-state index contributed by atoms with van der Waals surface area (Å²) in [7, 11) is 2.22. The standard InChI is InChI=1S/C30H42N2O2S/c1-22-10-8-9-13-26(22)28-20-25(21-32(3)18-16-24-11-6-5-7-12-24)14-15-27(28)23(2)31-29(30(33)34)17-19-35-4/h8-10,13-15,20,24,29,31H,2,5-7,11-12,16-19,21H2,1,3-4H3,(H,33,34)/t29-/m0/s1. The number of carboxylic acid groups (broad SMARTS) is 1. The van der Waals surface area contributed by atoms with Crippen LogP contribution in [0.3, 0.4) is 0 Å². The minimum atomic E-state index is -0.839. The van der Waals surface area contributed by atoms with Gasteiger partial charge in [0.05, 0.1) is 0 Å². The van der Waals surface area contributed by atoms with Gasteiger partial charge < -0.3 is 15.3 Å². The molecule has 0 saturated heterocycles. The molecule has 0 radical (unpaired) electrons. The predicted octanol–water partition coefficient (Wildman–Crippen LogP) is 6.83. The molecule has 1 fully saturated rings. The number of aryl methyl sites for hydroxylation is 1. The van der Waals surface area contributed by atoms with Gasteiger partial charge in [0.2, 0.25) is 0 Å². The highest BCUT2D eigenvalue weighted by Crippen LogP contribution is 2.32. The van der Waals surface area contributed by atoms with Gasteiger partial charge in [-0.1, -0.05) is 75.1 Å². The summed E-state index contributed by atoms with van der Waals surface area (Å²) in [6.45, 7) is 8.39. The first-order valence-electron chi connectivity index (χ1n) is 12.9. The van der Waals surface area contributed by atoms with Crippen molar-refractivity contribution in [3.8, 4) is 11.1 Å². The third-order valence-corrected chi connectivity index (χ3v) is 7.84. The lowest BCUT2D eigenvalue weighted by Crippen LogP contribution is -2.35. The van der Waals surface area contributed by atoms with Crippen molar-refractivity contribution in [3.63, 3.8) is 0 Å². The lowest BCUT2D eigenvalue weighted by Gasteiger charge is -2.25. The second-order valence-electron chi connectivity index (χ2n) is 10.0. The molecule has 0 aliphatic heterocycles. The highest BCUT2D eigenvalue weighted by Gasteiger charge is 2.20. The average molecular weight is 495 g/mol. The zero-order valence-electron chi connectivity index (χ0n) is 21.7. The largest absolute Gasteiger partial charge is 0.480 e. The van der Waals surface area contributed by atoms with Crippen LogP contribution in [0.1, 0.15) is 61.6 Å². The summed E-state index contributed by atoms with van der Waals surface area (Å²) in [4.78, 5) is 14.2. The molecule has 35 heavy (non-hydrogen) atoms. The number of hydrogen-bond acceptors (Lipinski definition) is 4. The number of rotatable bonds is 13. The highest BCUT2D eigenvalue weighted by molar-refractivity contribution is 7.98. The Morgan fingerprint density at radius 3 is 2.60 bits per heavy atom. The third kappa shape index (κ3) is 8.15. The molecule has 1 atom stereocenters. The summed E-state index contributed by atoms with van der Waals surface area (Å²) in [5, 5.41) is 12.9. The fraction of sp³-hybridized carbons (Fsp3) is 0.500. The van der Waals surface area contributed by atoms with Crippen molar-refractivity contribution in [2.45, 2.75) is 64.5 Å². The molecule has 0 unspecified atom stereocenters. The van der Waals surface area contributed by atoms with Gasteiger partial charge in [-0.15, -0.1) is 0 Å². The van der Waals surface area contributed by atoms with E-state index in [2.05, 4.69) is 73.2 Å². The Bertz CT molecular complexity index is 984. The first-order valence-corrected chi connectivity index (χ1v) is 14.3. The Labute approximate surface area is 216 Å². The molecule has 2 aromatic rings. The van der Waals surface area contributed by atoms with E-state index in [1.807, 2.05) is 6.26 Å². The van der Waals surface area contributed by atoms with Crippen molar-refractivity contribution < 1.29 is 9.90 Å². The van der Waals surface area contributed by atoms with Crippen LogP contribution in [0.25, 0.3) is 16.8 Å². The SMILES string of the molecule is C=C(N[C@@H](CCSC)C(=O)O)c1ccc(CN(C)CCC2CCCCC2)cc1-c1ccccc1C. The molecule has 1 aliphatic rings. The molecule has 2 aromatic carbocycles. The molecule has 0 spiro atoms. The molecule has 0 bridgehead atoms. The minimum absolute atomic E-state index is 0.555. The first-order chi connectivity index (χ1) is 16.9. The monoisotopic (exact) mass is 494 g/mol. The third-order valence-electron chi connectivity index (χ3n) is 7.20. The van der Waals surface area contributed by atoms with Crippen molar-refractivity contribution in [3.05, 3.63) is 65.7 Å². The fourth-order valence-electron chi connectivity index (χ4n) is 5.10. The summed E-state index contributed by atoms with van der Waals surface area (Å²) in [5.41, 5.74) is 6.35. The van der Waals surface area contributed by atoms with Gasteiger partial charge >= 0.3 is 5.97 Å². The Morgan fingerprint density at radius 1 is 1.17 bits per heavy atom. The van der Waals surface area contributed by atoms with Gasteiger partial charge in [0, 0.05) is 17.8 Å². The molecule has 1 aliphatic carbocycles. The Balaban J connectivity index is 1.80. The number of benzene rings is 2. The van der Waals surface area contributed by atoms with Crippen LogP contribution < -0.4 is 5.32 Å². The maximum atomic E-state index is 11.8. The molecular formula is C30H42N2O2S. The fourth-order valence-corrected chi connectivity index (χ4v) is 5.57. The van der Waals surface area contributed by atoms with Crippen LogP contribution in [0.4, 0.5) is 0 Å². The van der Waals surface area contributed by atoms with Crippen LogP contribution in [0.5, 0.6) is 0 Å². The molecule has 190 valence electrons. The van der Waals surface area contributed by atoms with Crippen LogP contribution >= 0.6 is 11.8 Å². The van der Waals surface area contributed by atoms with Crippen LogP contribution in [-0.4, -0.2) is 47.6 Å². The van der Waals surface area contributed by atoms with Crippen molar-refractivity contribution in [2.75, 3.05) is 25.6 Å². The molecular weight excluding hydrogens is 452 g/mol. The van der Waals surface area contributed by atoms with Gasteiger partial charge in [-0.2, -0.15) is 11.8 Å². The van der Waals surface area contributed by atoms with E-state index in [-0.39, 0.29) is 0 Å². The number of aliphatic carboxylic acids is 1. The van der Waals surface area contributed by atoms with Gasteiger partial charge in [0.15, 0.2) is 0 Å². The van der Waals surface area contributed by atoms with Crippen LogP contribution in [-0.2, 0) is 11.3 Å². The normalized spacial score (nSPS) is 15.2. The van der Waals surface area contributed by atoms with Crippen molar-refractivity contribution in [2.24, 2.45) is 5.92 Å². The van der Waals surface area contributed by atoms with Crippen molar-refractivity contribution in [1.29, 1.82) is 0 Å². The molecule has 1 saturated carbocycles. The molecule has 0 aromatic heterocycles. The van der Waals surface area contributed by atoms with Crippen molar-refractivity contribution >= 4 is 23.4 Å². The lowest BCUT2D eigenvalue weighted by atomic mass is 9.87. The summed E-state index contributed by atoms with van der Waals surface area (Å²) < 4.78 is 0.